The first-order valence-electron chi connectivity index (χ1n) is 6.63. The van der Waals surface area contributed by atoms with E-state index >= 15 is 0 Å². The van der Waals surface area contributed by atoms with E-state index in [2.05, 4.69) is 29.2 Å². The smallest absolute Gasteiger partial charge is 0.323 e. The van der Waals surface area contributed by atoms with Gasteiger partial charge in [-0.25, -0.2) is 0 Å². The van der Waals surface area contributed by atoms with Crippen LogP contribution in [0.5, 0.6) is 0 Å². The molecule has 108 valence electrons. The van der Waals surface area contributed by atoms with E-state index in [-0.39, 0.29) is 0 Å². The number of likely N-dealkylation sites (N-methyl/N-ethyl adjacent to an activating group) is 1. The van der Waals surface area contributed by atoms with Crippen molar-refractivity contribution in [2.75, 3.05) is 47.3 Å². The third-order valence-corrected chi connectivity index (χ3v) is 3.18. The van der Waals surface area contributed by atoms with Crippen LogP contribution in [0.4, 0.5) is 0 Å². The van der Waals surface area contributed by atoms with Gasteiger partial charge in [0.05, 0.1) is 0 Å². The van der Waals surface area contributed by atoms with E-state index in [9.17, 15) is 9.90 Å². The highest BCUT2D eigenvalue weighted by molar-refractivity contribution is 5.78. The third kappa shape index (κ3) is 6.93. The summed E-state index contributed by atoms with van der Waals surface area (Å²) in [5.74, 6) is -0.772. The van der Waals surface area contributed by atoms with Crippen molar-refractivity contribution < 1.29 is 9.90 Å². The summed E-state index contributed by atoms with van der Waals surface area (Å²) in [6.07, 6.45) is 1.73. The number of hydrogen-bond donors (Lipinski definition) is 2. The summed E-state index contributed by atoms with van der Waals surface area (Å²) >= 11 is 0. The van der Waals surface area contributed by atoms with Crippen molar-refractivity contribution in [3.63, 3.8) is 0 Å². The van der Waals surface area contributed by atoms with E-state index in [4.69, 9.17) is 0 Å². The molecule has 1 atom stereocenters. The van der Waals surface area contributed by atoms with Gasteiger partial charge in [-0.05, 0) is 60.5 Å². The van der Waals surface area contributed by atoms with Crippen LogP contribution < -0.4 is 5.32 Å². The second-order valence-electron chi connectivity index (χ2n) is 5.38. The fraction of sp³-hybridized carbons (Fsp3) is 0.923. The van der Waals surface area contributed by atoms with Gasteiger partial charge in [0.15, 0.2) is 0 Å². The Labute approximate surface area is 111 Å². The molecule has 5 nitrogen and oxygen atoms in total. The summed E-state index contributed by atoms with van der Waals surface area (Å²) in [4.78, 5) is 15.6. The molecule has 2 N–H and O–H groups in total. The number of nitrogens with zero attached hydrogens (tertiary/aromatic N) is 2. The van der Waals surface area contributed by atoms with Gasteiger partial charge in [0, 0.05) is 6.54 Å². The van der Waals surface area contributed by atoms with E-state index in [1.807, 2.05) is 14.0 Å². The number of carbonyl (C=O) groups is 1. The molecule has 18 heavy (non-hydrogen) atoms. The van der Waals surface area contributed by atoms with E-state index in [0.717, 1.165) is 26.1 Å². The van der Waals surface area contributed by atoms with Crippen LogP contribution >= 0.6 is 0 Å². The Morgan fingerprint density at radius 3 is 2.28 bits per heavy atom. The third-order valence-electron chi connectivity index (χ3n) is 3.18. The number of nitrogens with one attached hydrogen (secondary N) is 1. The maximum atomic E-state index is 11.2. The van der Waals surface area contributed by atoms with E-state index < -0.39 is 11.5 Å². The molecular weight excluding hydrogens is 230 g/mol. The van der Waals surface area contributed by atoms with Crippen LogP contribution in [0.3, 0.4) is 0 Å². The second-order valence-corrected chi connectivity index (χ2v) is 5.38. The quantitative estimate of drug-likeness (QED) is 0.605. The molecule has 0 fully saturated rings. The summed E-state index contributed by atoms with van der Waals surface area (Å²) < 4.78 is 0. The first kappa shape index (κ1) is 17.4. The average Bonchev–Trinajstić information content (AvgIpc) is 2.26. The zero-order chi connectivity index (χ0) is 14.2. The SMILES string of the molecule is CCNC(C)(CCN(C)CCCN(C)C)C(=O)O. The molecule has 0 saturated carbocycles. The first-order valence-corrected chi connectivity index (χ1v) is 6.63. The van der Waals surface area contributed by atoms with Crippen molar-refractivity contribution in [3.05, 3.63) is 0 Å². The predicted octanol–water partition coefficient (Wildman–Crippen LogP) is 0.713. The Morgan fingerprint density at radius 1 is 1.22 bits per heavy atom. The van der Waals surface area contributed by atoms with Crippen LogP contribution in [0.1, 0.15) is 26.7 Å². The maximum absolute atomic E-state index is 11.2. The molecule has 0 aliphatic heterocycles. The maximum Gasteiger partial charge on any atom is 0.323 e. The Balaban J connectivity index is 4.00. The molecule has 0 saturated heterocycles. The van der Waals surface area contributed by atoms with Gasteiger partial charge in [-0.3, -0.25) is 4.79 Å². The number of rotatable bonds is 10. The lowest BCUT2D eigenvalue weighted by Crippen LogP contribution is -2.51. The molecular formula is C13H29N3O2. The lowest BCUT2D eigenvalue weighted by molar-refractivity contribution is -0.144. The highest BCUT2D eigenvalue weighted by atomic mass is 16.4. The molecule has 1 unspecified atom stereocenters. The molecule has 0 aromatic rings. The molecule has 0 spiro atoms. The van der Waals surface area contributed by atoms with Gasteiger partial charge in [0.25, 0.3) is 0 Å². The average molecular weight is 259 g/mol. The highest BCUT2D eigenvalue weighted by Gasteiger charge is 2.31. The largest absolute Gasteiger partial charge is 0.480 e. The van der Waals surface area contributed by atoms with Crippen LogP contribution in [0.15, 0.2) is 0 Å². The molecule has 5 heteroatoms. The van der Waals surface area contributed by atoms with Gasteiger partial charge in [-0.2, -0.15) is 0 Å². The minimum absolute atomic E-state index is 0.620. The van der Waals surface area contributed by atoms with Crippen molar-refractivity contribution >= 4 is 5.97 Å². The minimum Gasteiger partial charge on any atom is -0.480 e. The summed E-state index contributed by atoms with van der Waals surface area (Å²) in [6.45, 7) is 7.22. The number of carboxylic acids is 1. The van der Waals surface area contributed by atoms with Crippen LogP contribution in [0.2, 0.25) is 0 Å². The Morgan fingerprint density at radius 2 is 1.83 bits per heavy atom. The Bertz CT molecular complexity index is 246. The summed E-state index contributed by atoms with van der Waals surface area (Å²) in [5, 5.41) is 12.3. The van der Waals surface area contributed by atoms with Crippen molar-refractivity contribution in [3.8, 4) is 0 Å². The summed E-state index contributed by atoms with van der Waals surface area (Å²) in [7, 11) is 6.17. The molecule has 0 radical (unpaired) electrons. The molecule has 0 aliphatic rings. The zero-order valence-corrected chi connectivity index (χ0v) is 12.5. The second kappa shape index (κ2) is 8.45. The summed E-state index contributed by atoms with van der Waals surface area (Å²) in [5.41, 5.74) is -0.815. The van der Waals surface area contributed by atoms with Crippen molar-refractivity contribution in [2.45, 2.75) is 32.2 Å². The Hall–Kier alpha value is -0.650. The van der Waals surface area contributed by atoms with Crippen LogP contribution in [0.25, 0.3) is 0 Å². The van der Waals surface area contributed by atoms with Crippen LogP contribution in [-0.2, 0) is 4.79 Å². The summed E-state index contributed by atoms with van der Waals surface area (Å²) in [6, 6.07) is 0. The van der Waals surface area contributed by atoms with Gasteiger partial charge in [0.2, 0.25) is 0 Å². The van der Waals surface area contributed by atoms with Gasteiger partial charge in [0.1, 0.15) is 5.54 Å². The fourth-order valence-corrected chi connectivity index (χ4v) is 1.84. The van der Waals surface area contributed by atoms with Crippen molar-refractivity contribution in [2.24, 2.45) is 0 Å². The van der Waals surface area contributed by atoms with Crippen molar-refractivity contribution in [1.29, 1.82) is 0 Å². The van der Waals surface area contributed by atoms with E-state index in [1.54, 1.807) is 6.92 Å². The number of carboxylic acid groups (broad SMARTS) is 1. The van der Waals surface area contributed by atoms with E-state index in [0.29, 0.717) is 13.0 Å². The molecule has 0 heterocycles. The predicted molar refractivity (Wildman–Crippen MR) is 75.0 cm³/mol. The first-order chi connectivity index (χ1) is 8.31. The molecule has 0 rings (SSSR count). The topological polar surface area (TPSA) is 55.8 Å². The lowest BCUT2D eigenvalue weighted by atomic mass is 9.97. The standard InChI is InChI=1S/C13H29N3O2/c1-6-14-13(2,12(17)18)8-11-16(5)10-7-9-15(3)4/h14H,6-11H2,1-5H3,(H,17,18). The van der Waals surface area contributed by atoms with Gasteiger partial charge < -0.3 is 20.2 Å². The molecule has 0 bridgehead atoms. The van der Waals surface area contributed by atoms with E-state index in [1.165, 1.54) is 0 Å². The molecule has 0 aromatic heterocycles. The van der Waals surface area contributed by atoms with Gasteiger partial charge in [-0.15, -0.1) is 0 Å². The highest BCUT2D eigenvalue weighted by Crippen LogP contribution is 2.10. The van der Waals surface area contributed by atoms with Gasteiger partial charge >= 0.3 is 5.97 Å². The van der Waals surface area contributed by atoms with Gasteiger partial charge in [-0.1, -0.05) is 6.92 Å². The fourth-order valence-electron chi connectivity index (χ4n) is 1.84. The molecule has 0 amide bonds. The monoisotopic (exact) mass is 259 g/mol. The minimum atomic E-state index is -0.815. The van der Waals surface area contributed by atoms with Crippen LogP contribution in [-0.4, -0.2) is 73.7 Å². The number of hydrogen-bond acceptors (Lipinski definition) is 4. The van der Waals surface area contributed by atoms with Crippen molar-refractivity contribution in [1.82, 2.24) is 15.1 Å². The Kier molecular flexibility index (Phi) is 8.15. The normalized spacial score (nSPS) is 15.1. The molecule has 0 aliphatic carbocycles. The van der Waals surface area contributed by atoms with Crippen LogP contribution in [0, 0.1) is 0 Å². The molecule has 0 aromatic carbocycles. The zero-order valence-electron chi connectivity index (χ0n) is 12.5. The lowest BCUT2D eigenvalue weighted by Gasteiger charge is -2.28. The number of aliphatic carboxylic acids is 1.